The van der Waals surface area contributed by atoms with Crippen molar-refractivity contribution in [2.75, 3.05) is 25.6 Å². The van der Waals surface area contributed by atoms with Crippen LogP contribution in [0.5, 0.6) is 0 Å². The molecule has 3 aromatic rings. The molecule has 0 N–H and O–H groups in total. The molecule has 1 aliphatic heterocycles. The van der Waals surface area contributed by atoms with Crippen molar-refractivity contribution in [1.29, 1.82) is 0 Å². The van der Waals surface area contributed by atoms with Gasteiger partial charge in [-0.2, -0.15) is 0 Å². The van der Waals surface area contributed by atoms with Gasteiger partial charge < -0.3 is 14.1 Å². The number of furan rings is 1. The van der Waals surface area contributed by atoms with Crippen molar-refractivity contribution in [2.45, 2.75) is 19.9 Å². The fourth-order valence-electron chi connectivity index (χ4n) is 3.53. The zero-order valence-corrected chi connectivity index (χ0v) is 18.6. The Bertz CT molecular complexity index is 1310. The molecule has 4 rings (SSSR count). The molecule has 3 heterocycles. The molecular formula is C23H23N3O4S. The van der Waals surface area contributed by atoms with E-state index in [-0.39, 0.29) is 12.2 Å². The monoisotopic (exact) mass is 437 g/mol. The highest BCUT2D eigenvalue weighted by Gasteiger charge is 2.34. The number of benzene rings is 1. The van der Waals surface area contributed by atoms with Crippen molar-refractivity contribution in [1.82, 2.24) is 4.57 Å². The largest absolute Gasteiger partial charge is 0.467 e. The minimum Gasteiger partial charge on any atom is -0.467 e. The first-order chi connectivity index (χ1) is 14.9. The summed E-state index contributed by atoms with van der Waals surface area (Å²) in [5, 5.41) is 0. The number of fused-ring (bicyclic) bond motifs is 1. The number of hydrogen-bond acceptors (Lipinski definition) is 7. The van der Waals surface area contributed by atoms with Crippen molar-refractivity contribution < 1.29 is 13.9 Å². The number of carbonyl (C=O) groups is 1. The number of nitrogens with zero attached hydrogens (tertiary/aromatic N) is 3. The molecule has 0 bridgehead atoms. The number of anilines is 1. The van der Waals surface area contributed by atoms with E-state index in [1.807, 2.05) is 49.3 Å². The smallest absolute Gasteiger partial charge is 0.338 e. The molecule has 2 aromatic heterocycles. The van der Waals surface area contributed by atoms with Crippen LogP contribution >= 0.6 is 11.3 Å². The first-order valence-corrected chi connectivity index (χ1v) is 10.7. The van der Waals surface area contributed by atoms with E-state index >= 15 is 0 Å². The molecule has 160 valence electrons. The Morgan fingerprint density at radius 1 is 1.29 bits per heavy atom. The van der Waals surface area contributed by atoms with Crippen molar-refractivity contribution in [2.24, 2.45) is 4.99 Å². The Morgan fingerprint density at radius 3 is 2.65 bits per heavy atom. The third-order valence-electron chi connectivity index (χ3n) is 5.04. The molecule has 1 aliphatic rings. The molecule has 31 heavy (non-hydrogen) atoms. The van der Waals surface area contributed by atoms with Crippen LogP contribution in [0.4, 0.5) is 5.69 Å². The van der Waals surface area contributed by atoms with Gasteiger partial charge in [-0.15, -0.1) is 0 Å². The zero-order chi connectivity index (χ0) is 22.1. The van der Waals surface area contributed by atoms with Crippen LogP contribution in [0.1, 0.15) is 31.2 Å². The molecule has 7 nitrogen and oxygen atoms in total. The quantitative estimate of drug-likeness (QED) is 0.573. The highest BCUT2D eigenvalue weighted by Crippen LogP contribution is 2.30. The predicted octanol–water partition coefficient (Wildman–Crippen LogP) is 2.46. The van der Waals surface area contributed by atoms with Gasteiger partial charge in [0.15, 0.2) is 4.80 Å². The molecule has 1 aromatic carbocycles. The Morgan fingerprint density at radius 2 is 2.03 bits per heavy atom. The second-order valence-electron chi connectivity index (χ2n) is 7.30. The van der Waals surface area contributed by atoms with Gasteiger partial charge >= 0.3 is 5.97 Å². The van der Waals surface area contributed by atoms with Gasteiger partial charge in [-0.3, -0.25) is 9.36 Å². The maximum Gasteiger partial charge on any atom is 0.338 e. The van der Waals surface area contributed by atoms with Crippen molar-refractivity contribution in [3.05, 3.63) is 84.9 Å². The fraction of sp³-hybridized carbons (Fsp3) is 0.261. The van der Waals surface area contributed by atoms with Crippen molar-refractivity contribution in [3.8, 4) is 0 Å². The molecule has 0 fully saturated rings. The standard InChI is InChI=1S/C23H23N3O4S/c1-5-29-22(28)19-14(2)24-23-26(20(19)17-7-6-12-30-17)21(27)18(31-23)13-15-8-10-16(11-9-15)25(3)4/h6-13,20H,5H2,1-4H3/b18-13+/t20-/m1/s1. The van der Waals surface area contributed by atoms with E-state index in [1.165, 1.54) is 22.2 Å². The first-order valence-electron chi connectivity index (χ1n) is 9.91. The normalized spacial score (nSPS) is 16.1. The molecule has 0 unspecified atom stereocenters. The lowest BCUT2D eigenvalue weighted by Gasteiger charge is -2.22. The van der Waals surface area contributed by atoms with Gasteiger partial charge in [0, 0.05) is 19.8 Å². The Balaban J connectivity index is 1.87. The van der Waals surface area contributed by atoms with Gasteiger partial charge in [0.05, 0.1) is 28.7 Å². The second kappa shape index (κ2) is 8.39. The van der Waals surface area contributed by atoms with Crippen molar-refractivity contribution in [3.63, 3.8) is 0 Å². The van der Waals surface area contributed by atoms with Crippen LogP contribution in [0.15, 0.2) is 68.1 Å². The van der Waals surface area contributed by atoms with E-state index in [0.717, 1.165) is 11.3 Å². The number of thiazole rings is 1. The average molecular weight is 438 g/mol. The topological polar surface area (TPSA) is 77.0 Å². The van der Waals surface area contributed by atoms with Crippen LogP contribution in [0.3, 0.4) is 0 Å². The van der Waals surface area contributed by atoms with Crippen LogP contribution < -0.4 is 19.8 Å². The van der Waals surface area contributed by atoms with Gasteiger partial charge in [-0.1, -0.05) is 23.5 Å². The molecular weight excluding hydrogens is 414 g/mol. The molecule has 0 radical (unpaired) electrons. The Hall–Kier alpha value is -3.39. The van der Waals surface area contributed by atoms with E-state index in [2.05, 4.69) is 4.99 Å². The summed E-state index contributed by atoms with van der Waals surface area (Å²) < 4.78 is 12.9. The molecule has 0 aliphatic carbocycles. The van der Waals surface area contributed by atoms with Crippen LogP contribution in [-0.2, 0) is 9.53 Å². The van der Waals surface area contributed by atoms with E-state index in [1.54, 1.807) is 26.0 Å². The lowest BCUT2D eigenvalue weighted by Crippen LogP contribution is -2.39. The Kier molecular flexibility index (Phi) is 5.65. The molecule has 0 amide bonds. The third-order valence-corrected chi connectivity index (χ3v) is 6.02. The molecule has 0 spiro atoms. The highest BCUT2D eigenvalue weighted by atomic mass is 32.1. The van der Waals surface area contributed by atoms with E-state index in [0.29, 0.717) is 26.4 Å². The Labute approximate surface area is 183 Å². The molecule has 0 saturated carbocycles. The summed E-state index contributed by atoms with van der Waals surface area (Å²) in [5.74, 6) is -0.0148. The fourth-order valence-corrected chi connectivity index (χ4v) is 4.57. The van der Waals surface area contributed by atoms with E-state index in [9.17, 15) is 9.59 Å². The van der Waals surface area contributed by atoms with Gasteiger partial charge in [0.25, 0.3) is 5.56 Å². The van der Waals surface area contributed by atoms with Gasteiger partial charge in [-0.05, 0) is 49.8 Å². The van der Waals surface area contributed by atoms with E-state index in [4.69, 9.17) is 9.15 Å². The first kappa shape index (κ1) is 20.9. The maximum absolute atomic E-state index is 13.4. The number of aromatic nitrogens is 1. The van der Waals surface area contributed by atoms with Crippen LogP contribution in [0.2, 0.25) is 0 Å². The predicted molar refractivity (Wildman–Crippen MR) is 120 cm³/mol. The lowest BCUT2D eigenvalue weighted by molar-refractivity contribution is -0.139. The van der Waals surface area contributed by atoms with Crippen LogP contribution in [0, 0.1) is 0 Å². The number of esters is 1. The third kappa shape index (κ3) is 3.86. The summed E-state index contributed by atoms with van der Waals surface area (Å²) in [4.78, 5) is 33.2. The average Bonchev–Trinajstić information content (AvgIpc) is 3.36. The minimum atomic E-state index is -0.719. The summed E-state index contributed by atoms with van der Waals surface area (Å²) in [6.07, 6.45) is 3.36. The minimum absolute atomic E-state index is 0.226. The number of carbonyl (C=O) groups excluding carboxylic acids is 1. The number of hydrogen-bond donors (Lipinski definition) is 0. The highest BCUT2D eigenvalue weighted by molar-refractivity contribution is 7.07. The van der Waals surface area contributed by atoms with Gasteiger partial charge in [0.1, 0.15) is 11.8 Å². The summed E-state index contributed by atoms with van der Waals surface area (Å²) in [6.45, 7) is 3.72. The zero-order valence-electron chi connectivity index (χ0n) is 17.8. The molecule has 0 saturated heterocycles. The van der Waals surface area contributed by atoms with Gasteiger partial charge in [-0.25, -0.2) is 9.79 Å². The number of allylic oxidation sites excluding steroid dienone is 1. The van der Waals surface area contributed by atoms with Crippen LogP contribution in [-0.4, -0.2) is 31.2 Å². The summed E-state index contributed by atoms with van der Waals surface area (Å²) in [6, 6.07) is 10.7. The summed E-state index contributed by atoms with van der Waals surface area (Å²) in [5.41, 5.74) is 2.59. The van der Waals surface area contributed by atoms with Crippen molar-refractivity contribution >= 4 is 29.1 Å². The SMILES string of the molecule is CCOC(=O)C1=C(C)N=c2s/c(=C/c3ccc(N(C)C)cc3)c(=O)n2[C@@H]1c1ccco1. The molecule has 8 heteroatoms. The van der Waals surface area contributed by atoms with E-state index < -0.39 is 12.0 Å². The summed E-state index contributed by atoms with van der Waals surface area (Å²) >= 11 is 1.29. The second-order valence-corrected chi connectivity index (χ2v) is 8.31. The lowest BCUT2D eigenvalue weighted by atomic mass is 10.0. The number of ether oxygens (including phenoxy) is 1. The molecule has 1 atom stereocenters. The van der Waals surface area contributed by atoms with Gasteiger partial charge in [0.2, 0.25) is 0 Å². The number of rotatable bonds is 5. The maximum atomic E-state index is 13.4. The summed E-state index contributed by atoms with van der Waals surface area (Å²) in [7, 11) is 3.95. The van der Waals surface area contributed by atoms with Crippen LogP contribution in [0.25, 0.3) is 6.08 Å².